The lowest BCUT2D eigenvalue weighted by Crippen LogP contribution is -2.62. The number of carbonyl (C=O) groups excluding carboxylic acids is 7. The third-order valence-corrected chi connectivity index (χ3v) is 8.96. The number of rotatable bonds is 26. The predicted molar refractivity (Wildman–Crippen MR) is 195 cm³/mol. The molecule has 0 unspecified atom stereocenters. The van der Waals surface area contributed by atoms with Gasteiger partial charge in [0.1, 0.15) is 36.3 Å². The minimum absolute atomic E-state index is 0.101. The van der Waals surface area contributed by atoms with Crippen LogP contribution in [0.2, 0.25) is 0 Å². The summed E-state index contributed by atoms with van der Waals surface area (Å²) in [7, 11) is 0. The summed E-state index contributed by atoms with van der Waals surface area (Å²) in [6, 6.07) is -7.46. The second kappa shape index (κ2) is 25.2. The molecule has 0 spiro atoms. The van der Waals surface area contributed by atoms with Crippen molar-refractivity contribution in [2.45, 2.75) is 148 Å². The fourth-order valence-electron chi connectivity index (χ4n) is 5.25. The fourth-order valence-corrected chi connectivity index (χ4v) is 5.25. The average Bonchev–Trinajstić information content (AvgIpc) is 3.08. The first kappa shape index (κ1) is 48.1. The van der Waals surface area contributed by atoms with Crippen molar-refractivity contribution in [1.29, 1.82) is 0 Å². The van der Waals surface area contributed by atoms with Gasteiger partial charge in [-0.15, -0.1) is 0 Å². The van der Waals surface area contributed by atoms with Gasteiger partial charge in [0.2, 0.25) is 41.4 Å². The van der Waals surface area contributed by atoms with Gasteiger partial charge < -0.3 is 59.3 Å². The van der Waals surface area contributed by atoms with Gasteiger partial charge in [-0.05, 0) is 77.3 Å². The van der Waals surface area contributed by atoms with Crippen LogP contribution < -0.4 is 49.1 Å². The zero-order chi connectivity index (χ0) is 40.1. The lowest BCUT2D eigenvalue weighted by atomic mass is 9.96. The summed E-state index contributed by atoms with van der Waals surface area (Å²) < 4.78 is 0. The Labute approximate surface area is 307 Å². The van der Waals surface area contributed by atoms with Gasteiger partial charge in [-0.3, -0.25) is 33.6 Å². The Balaban J connectivity index is 6.30. The zero-order valence-corrected chi connectivity index (χ0v) is 31.8. The highest BCUT2D eigenvalue weighted by Crippen LogP contribution is 2.13. The molecule has 0 heterocycles. The number of amides is 7. The third-order valence-electron chi connectivity index (χ3n) is 8.96. The van der Waals surface area contributed by atoms with Gasteiger partial charge in [0.15, 0.2) is 0 Å². The van der Waals surface area contributed by atoms with Crippen molar-refractivity contribution >= 4 is 41.4 Å². The highest BCUT2D eigenvalue weighted by atomic mass is 16.3. The molecule has 0 aliphatic heterocycles. The molecule has 0 aliphatic carbocycles. The van der Waals surface area contributed by atoms with Gasteiger partial charge in [0.05, 0.1) is 12.2 Å². The van der Waals surface area contributed by atoms with E-state index in [9.17, 15) is 43.8 Å². The van der Waals surface area contributed by atoms with Crippen LogP contribution in [0.5, 0.6) is 0 Å². The first-order chi connectivity index (χ1) is 24.4. The average molecular weight is 744 g/mol. The van der Waals surface area contributed by atoms with E-state index in [1.807, 2.05) is 6.92 Å². The second-order valence-corrected chi connectivity index (χ2v) is 13.5. The van der Waals surface area contributed by atoms with Crippen molar-refractivity contribution in [1.82, 2.24) is 31.9 Å². The summed E-state index contributed by atoms with van der Waals surface area (Å²) in [6.45, 7) is 11.6. The molecule has 0 saturated carbocycles. The molecule has 14 N–H and O–H groups in total. The van der Waals surface area contributed by atoms with Crippen LogP contribution in [-0.2, 0) is 33.6 Å². The Kier molecular flexibility index (Phi) is 23.3. The predicted octanol–water partition coefficient (Wildman–Crippen LogP) is -2.49. The van der Waals surface area contributed by atoms with Crippen LogP contribution >= 0.6 is 0 Å². The van der Waals surface area contributed by atoms with E-state index < -0.39 is 95.7 Å². The maximum atomic E-state index is 13.8. The first-order valence-corrected chi connectivity index (χ1v) is 18.2. The Morgan fingerprint density at radius 3 is 1.21 bits per heavy atom. The van der Waals surface area contributed by atoms with E-state index in [0.29, 0.717) is 51.6 Å². The van der Waals surface area contributed by atoms with Crippen molar-refractivity contribution in [2.75, 3.05) is 13.1 Å². The number of primary amides is 1. The monoisotopic (exact) mass is 743 g/mol. The summed E-state index contributed by atoms with van der Waals surface area (Å²) in [5.74, 6) is -5.94. The molecule has 18 nitrogen and oxygen atoms in total. The molecule has 0 aromatic heterocycles. The van der Waals surface area contributed by atoms with Gasteiger partial charge in [-0.2, -0.15) is 0 Å². The van der Waals surface area contributed by atoms with E-state index in [4.69, 9.17) is 17.2 Å². The number of nitrogens with two attached hydrogens (primary N) is 3. The van der Waals surface area contributed by atoms with Crippen molar-refractivity contribution in [2.24, 2.45) is 29.0 Å². The lowest BCUT2D eigenvalue weighted by molar-refractivity contribution is -0.137. The second-order valence-electron chi connectivity index (χ2n) is 13.5. The molecule has 0 aromatic rings. The Bertz CT molecular complexity index is 1170. The van der Waals surface area contributed by atoms with Crippen molar-refractivity contribution in [3.63, 3.8) is 0 Å². The topological polar surface area (TPSA) is 310 Å². The molecule has 10 atom stereocenters. The minimum atomic E-state index is -1.50. The van der Waals surface area contributed by atoms with Gasteiger partial charge in [0.25, 0.3) is 0 Å². The Morgan fingerprint density at radius 2 is 0.865 bits per heavy atom. The van der Waals surface area contributed by atoms with E-state index in [0.717, 1.165) is 0 Å². The summed E-state index contributed by atoms with van der Waals surface area (Å²) in [5, 5.41) is 35.8. The highest BCUT2D eigenvalue weighted by molar-refractivity contribution is 5.97. The quantitative estimate of drug-likeness (QED) is 0.0412. The van der Waals surface area contributed by atoms with E-state index in [1.165, 1.54) is 20.8 Å². The van der Waals surface area contributed by atoms with Crippen LogP contribution in [0.3, 0.4) is 0 Å². The summed E-state index contributed by atoms with van der Waals surface area (Å²) in [6.07, 6.45) is 0.386. The summed E-state index contributed by atoms with van der Waals surface area (Å²) in [4.78, 5) is 91.0. The van der Waals surface area contributed by atoms with Crippen LogP contribution in [0.25, 0.3) is 0 Å². The molecule has 0 bridgehead atoms. The lowest BCUT2D eigenvalue weighted by Gasteiger charge is -2.30. The molecule has 7 amide bonds. The Hall–Kier alpha value is -3.87. The minimum Gasteiger partial charge on any atom is -0.391 e. The smallest absolute Gasteiger partial charge is 0.245 e. The first-order valence-electron chi connectivity index (χ1n) is 18.2. The highest BCUT2D eigenvalue weighted by Gasteiger charge is 2.36. The van der Waals surface area contributed by atoms with Gasteiger partial charge in [-0.25, -0.2) is 0 Å². The number of aliphatic hydroxyl groups excluding tert-OH is 2. The van der Waals surface area contributed by atoms with Crippen molar-refractivity contribution in [3.05, 3.63) is 0 Å². The molecule has 0 saturated heterocycles. The molecular weight excluding hydrogens is 678 g/mol. The van der Waals surface area contributed by atoms with E-state index in [1.54, 1.807) is 20.8 Å². The van der Waals surface area contributed by atoms with E-state index in [-0.39, 0.29) is 18.8 Å². The van der Waals surface area contributed by atoms with Crippen LogP contribution in [-0.4, -0.2) is 113 Å². The molecule has 0 aliphatic rings. The normalized spacial score (nSPS) is 17.0. The summed E-state index contributed by atoms with van der Waals surface area (Å²) in [5.41, 5.74) is 16.6. The van der Waals surface area contributed by atoms with E-state index in [2.05, 4.69) is 31.9 Å². The largest absolute Gasteiger partial charge is 0.391 e. The standard InChI is InChI=1S/C34H65N9O9/c1-8-18(3)25(38-22(7)46)33(51)43-28(21(6)45)34(52)40-23(14-10-12-16-35)30(48)41-26(19(4)9-2)32(50)39-24(15-11-13-17-36)31(49)42-27(20(5)44)29(37)47/h18-21,23-28,44-45H,8-17,35-36H2,1-7H3,(H2,37,47)(H,38,46)(H,39,50)(H,40,52)(H,41,48)(H,42,49)(H,43,51)/t18-,19-,20+,21+,23-,24-,25-,26-,27-,28-/m0/s1. The number of nitrogens with one attached hydrogen (secondary N) is 6. The molecule has 300 valence electrons. The summed E-state index contributed by atoms with van der Waals surface area (Å²) >= 11 is 0. The van der Waals surface area contributed by atoms with Crippen LogP contribution in [0, 0.1) is 11.8 Å². The number of hydrogen-bond donors (Lipinski definition) is 11. The van der Waals surface area contributed by atoms with Crippen molar-refractivity contribution in [3.8, 4) is 0 Å². The number of carbonyl (C=O) groups is 7. The van der Waals surface area contributed by atoms with Gasteiger partial charge in [0, 0.05) is 6.92 Å². The molecule has 0 radical (unpaired) electrons. The van der Waals surface area contributed by atoms with E-state index >= 15 is 0 Å². The zero-order valence-electron chi connectivity index (χ0n) is 31.8. The van der Waals surface area contributed by atoms with Crippen LogP contribution in [0.1, 0.15) is 99.8 Å². The molecule has 0 rings (SSSR count). The van der Waals surface area contributed by atoms with Gasteiger partial charge >= 0.3 is 0 Å². The maximum absolute atomic E-state index is 13.8. The van der Waals surface area contributed by atoms with Gasteiger partial charge in [-0.1, -0.05) is 40.5 Å². The number of aliphatic hydroxyl groups is 2. The fraction of sp³-hybridized carbons (Fsp3) is 0.794. The molecule has 0 aromatic carbocycles. The molecule has 52 heavy (non-hydrogen) atoms. The van der Waals surface area contributed by atoms with Crippen LogP contribution in [0.15, 0.2) is 0 Å². The number of unbranched alkanes of at least 4 members (excludes halogenated alkanes) is 2. The maximum Gasteiger partial charge on any atom is 0.245 e. The molecule has 0 fully saturated rings. The SMILES string of the molecule is CC[C@H](C)[C@H](NC(C)=O)C(=O)N[C@H](C(=O)N[C@@H](CCCCN)C(=O)N[C@H](C(=O)N[C@@H](CCCCN)C(=O)N[C@H](C(N)=O)[C@@H](C)O)[C@@H](C)CC)[C@@H](C)O. The van der Waals surface area contributed by atoms with Crippen molar-refractivity contribution < 1.29 is 43.8 Å². The number of hydrogen-bond acceptors (Lipinski definition) is 11. The van der Waals surface area contributed by atoms with Crippen LogP contribution in [0.4, 0.5) is 0 Å². The molecule has 18 heteroatoms. The Morgan fingerprint density at radius 1 is 0.519 bits per heavy atom. The third kappa shape index (κ3) is 17.1. The molecular formula is C34H65N9O9.